The highest BCUT2D eigenvalue weighted by molar-refractivity contribution is 7.99. The molecule has 2 fully saturated rings. The third-order valence-corrected chi connectivity index (χ3v) is 5.66. The van der Waals surface area contributed by atoms with Gasteiger partial charge in [-0.05, 0) is 44.2 Å². The Kier molecular flexibility index (Phi) is 4.57. The lowest BCUT2D eigenvalue weighted by molar-refractivity contribution is 0.0504. The number of thioether (sulfide) groups is 1. The van der Waals surface area contributed by atoms with Crippen LogP contribution in [0.5, 0.6) is 0 Å². The molecule has 0 spiro atoms. The fraction of sp³-hybridized carbons (Fsp3) is 1.00. The van der Waals surface area contributed by atoms with Crippen LogP contribution in [0.3, 0.4) is 0 Å². The largest absolute Gasteiger partial charge is 0.329 e. The van der Waals surface area contributed by atoms with Gasteiger partial charge in [0.1, 0.15) is 0 Å². The van der Waals surface area contributed by atoms with Gasteiger partial charge in [0.25, 0.3) is 0 Å². The molecular weight excluding hydrogens is 216 g/mol. The second-order valence-electron chi connectivity index (χ2n) is 5.44. The van der Waals surface area contributed by atoms with Crippen molar-refractivity contribution in [3.05, 3.63) is 0 Å². The molecular formula is C13H26N2S. The van der Waals surface area contributed by atoms with Crippen LogP contribution >= 0.6 is 11.8 Å². The summed E-state index contributed by atoms with van der Waals surface area (Å²) in [5.74, 6) is 2.60. The first-order chi connectivity index (χ1) is 7.78. The topological polar surface area (TPSA) is 29.3 Å². The van der Waals surface area contributed by atoms with Gasteiger partial charge in [0.05, 0.1) is 0 Å². The zero-order chi connectivity index (χ0) is 11.4. The molecule has 0 radical (unpaired) electrons. The molecule has 0 aromatic rings. The van der Waals surface area contributed by atoms with Gasteiger partial charge in [0.2, 0.25) is 0 Å². The predicted molar refractivity (Wildman–Crippen MR) is 73.0 cm³/mol. The maximum Gasteiger partial charge on any atom is 0.0347 e. The van der Waals surface area contributed by atoms with Crippen LogP contribution in [-0.2, 0) is 0 Å². The van der Waals surface area contributed by atoms with Gasteiger partial charge in [0, 0.05) is 18.1 Å². The minimum atomic E-state index is 0.327. The Morgan fingerprint density at radius 2 is 1.81 bits per heavy atom. The highest BCUT2D eigenvalue weighted by Crippen LogP contribution is 2.35. The molecule has 94 valence electrons. The quantitative estimate of drug-likeness (QED) is 0.824. The first-order valence-electron chi connectivity index (χ1n) is 6.79. The molecule has 0 atom stereocenters. The first kappa shape index (κ1) is 12.7. The molecule has 0 amide bonds. The maximum atomic E-state index is 6.09. The van der Waals surface area contributed by atoms with Crippen LogP contribution in [0.15, 0.2) is 0 Å². The van der Waals surface area contributed by atoms with Crippen molar-refractivity contribution in [3.63, 3.8) is 0 Å². The average molecular weight is 242 g/mol. The van der Waals surface area contributed by atoms with Crippen LogP contribution in [0, 0.1) is 0 Å². The molecule has 1 aliphatic carbocycles. The first-order valence-corrected chi connectivity index (χ1v) is 7.95. The van der Waals surface area contributed by atoms with E-state index in [9.17, 15) is 0 Å². The summed E-state index contributed by atoms with van der Waals surface area (Å²) in [6.07, 6.45) is 9.66. The van der Waals surface area contributed by atoms with E-state index in [-0.39, 0.29) is 0 Å². The molecule has 16 heavy (non-hydrogen) atoms. The van der Waals surface area contributed by atoms with Crippen molar-refractivity contribution in [1.82, 2.24) is 4.90 Å². The van der Waals surface area contributed by atoms with E-state index in [1.807, 2.05) is 0 Å². The number of hydrogen-bond acceptors (Lipinski definition) is 3. The van der Waals surface area contributed by atoms with Gasteiger partial charge in [-0.1, -0.05) is 19.3 Å². The molecule has 0 aromatic heterocycles. The summed E-state index contributed by atoms with van der Waals surface area (Å²) in [6, 6.07) is 0.806. The van der Waals surface area contributed by atoms with E-state index in [1.165, 1.54) is 56.5 Å². The average Bonchev–Trinajstić information content (AvgIpc) is 2.39. The third kappa shape index (κ3) is 2.57. The van der Waals surface area contributed by atoms with Crippen LogP contribution in [0.2, 0.25) is 0 Å². The second-order valence-corrected chi connectivity index (χ2v) is 6.67. The van der Waals surface area contributed by atoms with E-state index in [1.54, 1.807) is 0 Å². The molecule has 0 aromatic carbocycles. The summed E-state index contributed by atoms with van der Waals surface area (Å²) in [7, 11) is 2.33. The van der Waals surface area contributed by atoms with Crippen molar-refractivity contribution in [3.8, 4) is 0 Å². The Hall–Kier alpha value is 0.270. The highest BCUT2D eigenvalue weighted by atomic mass is 32.2. The van der Waals surface area contributed by atoms with Crippen molar-refractivity contribution in [2.45, 2.75) is 56.5 Å². The van der Waals surface area contributed by atoms with Crippen LogP contribution in [0.4, 0.5) is 0 Å². The molecule has 2 nitrogen and oxygen atoms in total. The molecule has 0 bridgehead atoms. The van der Waals surface area contributed by atoms with Gasteiger partial charge < -0.3 is 5.73 Å². The minimum Gasteiger partial charge on any atom is -0.329 e. The van der Waals surface area contributed by atoms with E-state index in [0.717, 1.165) is 12.6 Å². The Bertz CT molecular complexity index is 208. The smallest absolute Gasteiger partial charge is 0.0347 e. The van der Waals surface area contributed by atoms with Gasteiger partial charge in [-0.15, -0.1) is 0 Å². The minimum absolute atomic E-state index is 0.327. The summed E-state index contributed by atoms with van der Waals surface area (Å²) in [6.45, 7) is 0.848. The van der Waals surface area contributed by atoms with Gasteiger partial charge in [-0.25, -0.2) is 0 Å². The summed E-state index contributed by atoms with van der Waals surface area (Å²) in [5.41, 5.74) is 6.42. The van der Waals surface area contributed by atoms with Crippen molar-refractivity contribution in [1.29, 1.82) is 0 Å². The van der Waals surface area contributed by atoms with E-state index in [0.29, 0.717) is 5.54 Å². The van der Waals surface area contributed by atoms with E-state index >= 15 is 0 Å². The summed E-state index contributed by atoms with van der Waals surface area (Å²) < 4.78 is 0. The molecule has 0 unspecified atom stereocenters. The standard InChI is InChI=1S/C13H26N2S/c1-15(12-5-3-2-4-6-12)13(11-14)7-9-16-10-8-13/h12H,2-11,14H2,1H3. The number of rotatable bonds is 3. The lowest BCUT2D eigenvalue weighted by Crippen LogP contribution is -2.58. The monoisotopic (exact) mass is 242 g/mol. The fourth-order valence-electron chi connectivity index (χ4n) is 3.31. The van der Waals surface area contributed by atoms with Gasteiger partial charge >= 0.3 is 0 Å². The Morgan fingerprint density at radius 1 is 1.19 bits per heavy atom. The zero-order valence-corrected chi connectivity index (χ0v) is 11.4. The highest BCUT2D eigenvalue weighted by Gasteiger charge is 2.38. The molecule has 1 heterocycles. The van der Waals surface area contributed by atoms with Crippen molar-refractivity contribution < 1.29 is 0 Å². The predicted octanol–water partition coefficient (Wildman–Crippen LogP) is 2.48. The fourth-order valence-corrected chi connectivity index (χ4v) is 4.56. The summed E-state index contributed by atoms with van der Waals surface area (Å²) in [5, 5.41) is 0. The molecule has 3 heteroatoms. The van der Waals surface area contributed by atoms with Gasteiger partial charge in [0.15, 0.2) is 0 Å². The Labute approximate surface area is 104 Å². The van der Waals surface area contributed by atoms with E-state index in [4.69, 9.17) is 5.73 Å². The molecule has 2 aliphatic rings. The lowest BCUT2D eigenvalue weighted by Gasteiger charge is -2.48. The Balaban J connectivity index is 2.00. The van der Waals surface area contributed by atoms with Crippen molar-refractivity contribution in [2.24, 2.45) is 5.73 Å². The SMILES string of the molecule is CN(C1CCCCC1)C1(CN)CCSCC1. The molecule has 1 aliphatic heterocycles. The summed E-state index contributed by atoms with van der Waals surface area (Å²) >= 11 is 2.09. The van der Waals surface area contributed by atoms with E-state index in [2.05, 4.69) is 23.7 Å². The maximum absolute atomic E-state index is 6.09. The van der Waals surface area contributed by atoms with Crippen molar-refractivity contribution >= 4 is 11.8 Å². The van der Waals surface area contributed by atoms with Crippen LogP contribution in [-0.4, -0.2) is 41.6 Å². The van der Waals surface area contributed by atoms with Gasteiger partial charge in [-0.3, -0.25) is 4.90 Å². The Morgan fingerprint density at radius 3 is 2.38 bits per heavy atom. The number of nitrogens with zero attached hydrogens (tertiary/aromatic N) is 1. The zero-order valence-electron chi connectivity index (χ0n) is 10.6. The molecule has 2 N–H and O–H groups in total. The molecule has 2 rings (SSSR count). The van der Waals surface area contributed by atoms with Crippen LogP contribution < -0.4 is 5.73 Å². The van der Waals surface area contributed by atoms with E-state index < -0.39 is 0 Å². The number of nitrogens with two attached hydrogens (primary N) is 1. The number of hydrogen-bond donors (Lipinski definition) is 1. The molecule has 1 saturated heterocycles. The normalized spacial score (nSPS) is 27.2. The van der Waals surface area contributed by atoms with Crippen molar-refractivity contribution in [2.75, 3.05) is 25.1 Å². The summed E-state index contributed by atoms with van der Waals surface area (Å²) in [4.78, 5) is 2.66. The molecule has 1 saturated carbocycles. The van der Waals surface area contributed by atoms with Crippen LogP contribution in [0.25, 0.3) is 0 Å². The number of likely N-dealkylation sites (N-methyl/N-ethyl adjacent to an activating group) is 1. The van der Waals surface area contributed by atoms with Crippen LogP contribution in [0.1, 0.15) is 44.9 Å². The lowest BCUT2D eigenvalue weighted by atomic mass is 9.85. The third-order valence-electron chi connectivity index (χ3n) is 4.67. The second kappa shape index (κ2) is 5.74. The van der Waals surface area contributed by atoms with Gasteiger partial charge in [-0.2, -0.15) is 11.8 Å².